The van der Waals surface area contributed by atoms with Crippen molar-refractivity contribution < 1.29 is 14.6 Å². The lowest BCUT2D eigenvalue weighted by atomic mass is 10.0. The SMILES string of the molecule is COCCNC(=S)NCC1CCN(C(C(=O)O)C(C)C)C1. The predicted molar refractivity (Wildman–Crippen MR) is 86.4 cm³/mol. The molecule has 0 bridgehead atoms. The Hall–Kier alpha value is -0.920. The number of hydrogen-bond donors (Lipinski definition) is 3. The molecule has 1 fully saturated rings. The van der Waals surface area contributed by atoms with Gasteiger partial charge in [0, 0.05) is 26.7 Å². The lowest BCUT2D eigenvalue weighted by Crippen LogP contribution is -2.44. The molecule has 122 valence electrons. The maximum atomic E-state index is 11.3. The van der Waals surface area contributed by atoms with Crippen molar-refractivity contribution >= 4 is 23.3 Å². The van der Waals surface area contributed by atoms with E-state index in [0.29, 0.717) is 24.2 Å². The number of methoxy groups -OCH3 is 1. The summed E-state index contributed by atoms with van der Waals surface area (Å²) < 4.78 is 4.94. The van der Waals surface area contributed by atoms with Crippen LogP contribution >= 0.6 is 12.2 Å². The fraction of sp³-hybridized carbons (Fsp3) is 0.857. The van der Waals surface area contributed by atoms with E-state index in [-0.39, 0.29) is 12.0 Å². The largest absolute Gasteiger partial charge is 0.480 e. The number of aliphatic carboxylic acids is 1. The average Bonchev–Trinajstić information content (AvgIpc) is 2.84. The van der Waals surface area contributed by atoms with Gasteiger partial charge < -0.3 is 20.5 Å². The second-order valence-corrected chi connectivity index (χ2v) is 6.21. The molecule has 1 aliphatic rings. The highest BCUT2D eigenvalue weighted by Crippen LogP contribution is 2.22. The van der Waals surface area contributed by atoms with Gasteiger partial charge in [-0.1, -0.05) is 13.8 Å². The molecule has 6 nitrogen and oxygen atoms in total. The van der Waals surface area contributed by atoms with Crippen LogP contribution in [0.3, 0.4) is 0 Å². The number of hydrogen-bond acceptors (Lipinski definition) is 4. The first-order valence-corrected chi connectivity index (χ1v) is 7.84. The van der Waals surface area contributed by atoms with Gasteiger partial charge in [0.05, 0.1) is 6.61 Å². The summed E-state index contributed by atoms with van der Waals surface area (Å²) in [5, 5.41) is 16.2. The molecular formula is C14H27N3O3S. The Kier molecular flexibility index (Phi) is 7.92. The van der Waals surface area contributed by atoms with Crippen LogP contribution in [0.2, 0.25) is 0 Å². The molecule has 21 heavy (non-hydrogen) atoms. The van der Waals surface area contributed by atoms with Gasteiger partial charge in [-0.15, -0.1) is 0 Å². The molecule has 2 atom stereocenters. The second-order valence-electron chi connectivity index (χ2n) is 5.81. The average molecular weight is 317 g/mol. The molecule has 1 heterocycles. The topological polar surface area (TPSA) is 73.8 Å². The van der Waals surface area contributed by atoms with Gasteiger partial charge in [-0.25, -0.2) is 0 Å². The van der Waals surface area contributed by atoms with E-state index in [9.17, 15) is 9.90 Å². The van der Waals surface area contributed by atoms with E-state index in [2.05, 4.69) is 15.5 Å². The first-order chi connectivity index (χ1) is 9.95. The van der Waals surface area contributed by atoms with E-state index in [4.69, 9.17) is 17.0 Å². The van der Waals surface area contributed by atoms with Crippen LogP contribution in [0.5, 0.6) is 0 Å². The van der Waals surface area contributed by atoms with Crippen LogP contribution < -0.4 is 10.6 Å². The standard InChI is InChI=1S/C14H27N3O3S/c1-10(2)12(13(18)19)17-6-4-11(9-17)8-16-14(21)15-5-7-20-3/h10-12H,4-9H2,1-3H3,(H,18,19)(H2,15,16,21). The molecule has 3 N–H and O–H groups in total. The molecule has 1 aliphatic heterocycles. The number of thiocarbonyl (C=S) groups is 1. The van der Waals surface area contributed by atoms with Gasteiger partial charge in [0.15, 0.2) is 5.11 Å². The molecule has 0 saturated carbocycles. The summed E-state index contributed by atoms with van der Waals surface area (Å²) in [7, 11) is 1.65. The minimum absolute atomic E-state index is 0.117. The van der Waals surface area contributed by atoms with Crippen LogP contribution in [0.4, 0.5) is 0 Å². The quantitative estimate of drug-likeness (QED) is 0.445. The van der Waals surface area contributed by atoms with Crippen molar-refractivity contribution in [3.63, 3.8) is 0 Å². The highest BCUT2D eigenvalue weighted by Gasteiger charge is 2.34. The van der Waals surface area contributed by atoms with Crippen LogP contribution in [0.25, 0.3) is 0 Å². The Morgan fingerprint density at radius 1 is 1.48 bits per heavy atom. The van der Waals surface area contributed by atoms with Crippen LogP contribution in [-0.2, 0) is 9.53 Å². The number of carbonyl (C=O) groups is 1. The third-order valence-electron chi connectivity index (χ3n) is 3.74. The van der Waals surface area contributed by atoms with Crippen LogP contribution in [0, 0.1) is 11.8 Å². The molecular weight excluding hydrogens is 290 g/mol. The summed E-state index contributed by atoms with van der Waals surface area (Å²) in [6.45, 7) is 7.65. The Morgan fingerprint density at radius 3 is 2.76 bits per heavy atom. The highest BCUT2D eigenvalue weighted by atomic mass is 32.1. The summed E-state index contributed by atoms with van der Waals surface area (Å²) in [4.78, 5) is 13.4. The molecule has 0 radical (unpaired) electrons. The zero-order valence-electron chi connectivity index (χ0n) is 13.1. The van der Waals surface area contributed by atoms with Crippen molar-refractivity contribution in [1.82, 2.24) is 15.5 Å². The van der Waals surface area contributed by atoms with Crippen molar-refractivity contribution in [2.24, 2.45) is 11.8 Å². The van der Waals surface area contributed by atoms with E-state index in [1.165, 1.54) is 0 Å². The molecule has 0 aromatic rings. The van der Waals surface area contributed by atoms with Gasteiger partial charge in [-0.3, -0.25) is 9.69 Å². The van der Waals surface area contributed by atoms with E-state index in [1.54, 1.807) is 7.11 Å². The van der Waals surface area contributed by atoms with Crippen LogP contribution in [0.15, 0.2) is 0 Å². The summed E-state index contributed by atoms with van der Waals surface area (Å²) in [6, 6.07) is -0.387. The number of likely N-dealkylation sites (tertiary alicyclic amines) is 1. The van der Waals surface area contributed by atoms with Crippen LogP contribution in [-0.4, -0.2) is 67.0 Å². The van der Waals surface area contributed by atoms with E-state index in [1.807, 2.05) is 13.8 Å². The summed E-state index contributed by atoms with van der Waals surface area (Å²) in [5.41, 5.74) is 0. The fourth-order valence-electron chi connectivity index (χ4n) is 2.71. The smallest absolute Gasteiger partial charge is 0.321 e. The van der Waals surface area contributed by atoms with Gasteiger partial charge in [-0.2, -0.15) is 0 Å². The Morgan fingerprint density at radius 2 is 2.19 bits per heavy atom. The monoisotopic (exact) mass is 317 g/mol. The molecule has 0 amide bonds. The fourth-order valence-corrected chi connectivity index (χ4v) is 2.90. The van der Waals surface area contributed by atoms with Gasteiger partial charge >= 0.3 is 5.97 Å². The lowest BCUT2D eigenvalue weighted by molar-refractivity contribution is -0.144. The summed E-state index contributed by atoms with van der Waals surface area (Å²) in [5.74, 6) is -0.172. The third-order valence-corrected chi connectivity index (χ3v) is 4.03. The number of rotatable bonds is 8. The number of nitrogens with zero attached hydrogens (tertiary/aromatic N) is 1. The first kappa shape index (κ1) is 18.1. The van der Waals surface area contributed by atoms with Crippen molar-refractivity contribution in [2.75, 3.05) is 39.9 Å². The number of nitrogens with one attached hydrogen (secondary N) is 2. The van der Waals surface area contributed by atoms with Gasteiger partial charge in [-0.05, 0) is 37.0 Å². The molecule has 0 aliphatic carbocycles. The van der Waals surface area contributed by atoms with Gasteiger partial charge in [0.1, 0.15) is 6.04 Å². The first-order valence-electron chi connectivity index (χ1n) is 7.43. The maximum Gasteiger partial charge on any atom is 0.321 e. The van der Waals surface area contributed by atoms with Crippen molar-refractivity contribution in [2.45, 2.75) is 26.3 Å². The second kappa shape index (κ2) is 9.17. The Labute approximate surface area is 132 Å². The molecule has 2 unspecified atom stereocenters. The summed E-state index contributed by atoms with van der Waals surface area (Å²) in [6.07, 6.45) is 1.00. The highest BCUT2D eigenvalue weighted by molar-refractivity contribution is 7.80. The normalized spacial score (nSPS) is 20.5. The number of carboxylic acid groups (broad SMARTS) is 1. The maximum absolute atomic E-state index is 11.3. The Balaban J connectivity index is 2.31. The molecule has 0 spiro atoms. The number of ether oxygens (including phenoxy) is 1. The molecule has 1 rings (SSSR count). The molecule has 7 heteroatoms. The Bertz CT molecular complexity index is 352. The van der Waals surface area contributed by atoms with Gasteiger partial charge in [0.2, 0.25) is 0 Å². The van der Waals surface area contributed by atoms with E-state index < -0.39 is 5.97 Å². The predicted octanol–water partition coefficient (Wildman–Crippen LogP) is 0.528. The van der Waals surface area contributed by atoms with Gasteiger partial charge in [0.25, 0.3) is 0 Å². The van der Waals surface area contributed by atoms with Crippen molar-refractivity contribution in [1.29, 1.82) is 0 Å². The molecule has 0 aromatic carbocycles. The number of carboxylic acids is 1. The zero-order chi connectivity index (χ0) is 15.8. The lowest BCUT2D eigenvalue weighted by Gasteiger charge is -2.27. The minimum Gasteiger partial charge on any atom is -0.480 e. The third kappa shape index (κ3) is 6.15. The zero-order valence-corrected chi connectivity index (χ0v) is 13.9. The van der Waals surface area contributed by atoms with Crippen molar-refractivity contribution in [3.8, 4) is 0 Å². The van der Waals surface area contributed by atoms with E-state index in [0.717, 1.165) is 26.1 Å². The summed E-state index contributed by atoms with van der Waals surface area (Å²) >= 11 is 5.18. The van der Waals surface area contributed by atoms with E-state index >= 15 is 0 Å². The molecule has 1 saturated heterocycles. The minimum atomic E-state index is -0.727. The molecule has 0 aromatic heterocycles. The van der Waals surface area contributed by atoms with Crippen molar-refractivity contribution in [3.05, 3.63) is 0 Å². The van der Waals surface area contributed by atoms with Crippen LogP contribution in [0.1, 0.15) is 20.3 Å².